The van der Waals surface area contributed by atoms with Crippen molar-refractivity contribution in [3.8, 4) is 11.8 Å². The van der Waals surface area contributed by atoms with Crippen LogP contribution in [0.2, 0.25) is 0 Å². The quantitative estimate of drug-likeness (QED) is 0.0878. The Kier molecular flexibility index (Phi) is 17.3. The number of benzene rings is 8. The molecule has 8 aromatic carbocycles. The number of rotatable bonds is 18. The highest BCUT2D eigenvalue weighted by Crippen LogP contribution is 2.46. The maximum absolute atomic E-state index is 12.9. The van der Waals surface area contributed by atoms with E-state index in [1.54, 1.807) is 14.2 Å². The zero-order chi connectivity index (χ0) is 53.4. The van der Waals surface area contributed by atoms with Gasteiger partial charge in [0.25, 0.3) is 0 Å². The zero-order valence-corrected chi connectivity index (χ0v) is 47.3. The Morgan fingerprint density at radius 2 is 0.816 bits per heavy atom. The molecule has 2 aromatic heterocycles. The van der Waals surface area contributed by atoms with Gasteiger partial charge in [0.1, 0.15) is 0 Å². The first-order valence-electron chi connectivity index (χ1n) is 25.8. The molecule has 0 radical (unpaired) electrons. The first-order valence-corrected chi connectivity index (χ1v) is 27.4. The number of hydrogen-bond donors (Lipinski definition) is 2. The summed E-state index contributed by atoms with van der Waals surface area (Å²) in [6.07, 6.45) is 2.12. The number of ether oxygens (including phenoxy) is 2. The largest absolute Gasteiger partial charge is 0.481 e. The molecule has 0 aliphatic heterocycles. The highest BCUT2D eigenvalue weighted by molar-refractivity contribution is 9.10. The molecule has 0 saturated carbocycles. The summed E-state index contributed by atoms with van der Waals surface area (Å²) in [5.74, 6) is 0.339. The summed E-state index contributed by atoms with van der Waals surface area (Å²) in [6, 6.07) is 66.3. The van der Waals surface area contributed by atoms with Gasteiger partial charge in [-0.25, -0.2) is 9.97 Å². The van der Waals surface area contributed by atoms with E-state index in [0.29, 0.717) is 37.4 Å². The summed E-state index contributed by atoms with van der Waals surface area (Å²) in [4.78, 5) is 14.0. The fourth-order valence-electron chi connectivity index (χ4n) is 10.9. The summed E-state index contributed by atoms with van der Waals surface area (Å²) in [7, 11) is 11.5. The first kappa shape index (κ1) is 54.3. The molecule has 0 bridgehead atoms. The molecule has 2 heterocycles. The summed E-state index contributed by atoms with van der Waals surface area (Å²) in [5, 5.41) is 32.4. The summed E-state index contributed by atoms with van der Waals surface area (Å²) >= 11 is 7.22. The SMILES string of the molecule is COc1nc2ccc(Br)cc2cc1C(c1ccccc1)C(O)(CCN(C)C)Cc1cccc2ccccc12.COc1nc2ccc(Br)cc2cc1C(c1ccccc1)C(O)(CCN(C)C)Cc1cccc2ccccc12. The number of aliphatic hydroxyl groups is 2. The van der Waals surface area contributed by atoms with E-state index in [4.69, 9.17) is 19.4 Å². The average molecular weight is 1140 g/mol. The van der Waals surface area contributed by atoms with Crippen molar-refractivity contribution >= 4 is 75.2 Å². The molecule has 10 aromatic rings. The lowest BCUT2D eigenvalue weighted by Crippen LogP contribution is -2.42. The van der Waals surface area contributed by atoms with E-state index in [1.165, 1.54) is 10.8 Å². The van der Waals surface area contributed by atoms with Crippen molar-refractivity contribution in [2.24, 2.45) is 0 Å². The van der Waals surface area contributed by atoms with Gasteiger partial charge in [0.15, 0.2) is 0 Å². The third-order valence-electron chi connectivity index (χ3n) is 14.6. The van der Waals surface area contributed by atoms with Crippen LogP contribution in [0.25, 0.3) is 43.4 Å². The van der Waals surface area contributed by atoms with Gasteiger partial charge in [-0.1, -0.05) is 177 Å². The Morgan fingerprint density at radius 3 is 1.20 bits per heavy atom. The van der Waals surface area contributed by atoms with Crippen LogP contribution in [0.3, 0.4) is 0 Å². The molecule has 4 unspecified atom stereocenters. The lowest BCUT2D eigenvalue weighted by molar-refractivity contribution is 0.00866. The topological polar surface area (TPSA) is 91.2 Å². The molecule has 0 amide bonds. The van der Waals surface area contributed by atoms with Gasteiger partial charge in [0.05, 0.1) is 36.5 Å². The first-order chi connectivity index (χ1) is 36.8. The predicted octanol–water partition coefficient (Wildman–Crippen LogP) is 14.4. The zero-order valence-electron chi connectivity index (χ0n) is 44.1. The molecule has 10 heteroatoms. The van der Waals surface area contributed by atoms with Gasteiger partial charge < -0.3 is 29.5 Å². The lowest BCUT2D eigenvalue weighted by atomic mass is 9.72. The molecule has 0 saturated heterocycles. The van der Waals surface area contributed by atoms with Crippen LogP contribution in [0.1, 0.15) is 58.1 Å². The number of methoxy groups -OCH3 is 2. The fraction of sp³-hybridized carbons (Fsp3) is 0.242. The van der Waals surface area contributed by atoms with Gasteiger partial charge in [0.2, 0.25) is 11.8 Å². The molecule has 8 nitrogen and oxygen atoms in total. The minimum Gasteiger partial charge on any atom is -0.481 e. The smallest absolute Gasteiger partial charge is 0.217 e. The third-order valence-corrected chi connectivity index (χ3v) is 15.6. The van der Waals surface area contributed by atoms with Gasteiger partial charge in [-0.15, -0.1) is 0 Å². The summed E-state index contributed by atoms with van der Waals surface area (Å²) in [6.45, 7) is 1.47. The van der Waals surface area contributed by atoms with Crippen LogP contribution in [0, 0.1) is 0 Å². The van der Waals surface area contributed by atoms with E-state index in [2.05, 4.69) is 175 Å². The maximum Gasteiger partial charge on any atom is 0.217 e. The maximum atomic E-state index is 12.9. The lowest BCUT2D eigenvalue weighted by Gasteiger charge is -2.39. The van der Waals surface area contributed by atoms with E-state index in [0.717, 1.165) is 88.0 Å². The minimum atomic E-state index is -1.12. The molecule has 0 aliphatic carbocycles. The molecule has 0 spiro atoms. The van der Waals surface area contributed by atoms with E-state index >= 15 is 0 Å². The van der Waals surface area contributed by atoms with Crippen molar-refractivity contribution in [3.63, 3.8) is 0 Å². The fourth-order valence-corrected chi connectivity index (χ4v) is 11.7. The van der Waals surface area contributed by atoms with Crippen LogP contribution in [0.15, 0.2) is 203 Å². The van der Waals surface area contributed by atoms with Gasteiger partial charge in [-0.3, -0.25) is 0 Å². The number of pyridine rings is 2. The van der Waals surface area contributed by atoms with Crippen LogP contribution in [-0.4, -0.2) is 96.7 Å². The van der Waals surface area contributed by atoms with Crippen LogP contribution in [0.4, 0.5) is 0 Å². The Balaban J connectivity index is 0.000000186. The number of halogens is 2. The van der Waals surface area contributed by atoms with Crippen LogP contribution in [-0.2, 0) is 12.8 Å². The van der Waals surface area contributed by atoms with Gasteiger partial charge >= 0.3 is 0 Å². The summed E-state index contributed by atoms with van der Waals surface area (Å²) < 4.78 is 13.7. The van der Waals surface area contributed by atoms with Crippen LogP contribution in [0.5, 0.6) is 11.8 Å². The molecular weight excluding hydrogens is 1070 g/mol. The molecule has 388 valence electrons. The van der Waals surface area contributed by atoms with E-state index in [1.807, 2.05) is 88.9 Å². The van der Waals surface area contributed by atoms with E-state index in [9.17, 15) is 10.2 Å². The molecule has 2 N–H and O–H groups in total. The van der Waals surface area contributed by atoms with Crippen molar-refractivity contribution in [2.75, 3.05) is 55.5 Å². The van der Waals surface area contributed by atoms with Crippen molar-refractivity contribution < 1.29 is 19.7 Å². The van der Waals surface area contributed by atoms with Crippen molar-refractivity contribution in [2.45, 2.75) is 48.7 Å². The molecule has 4 atom stereocenters. The predicted molar refractivity (Wildman–Crippen MR) is 320 cm³/mol. The molecule has 0 fully saturated rings. The highest BCUT2D eigenvalue weighted by Gasteiger charge is 2.43. The Bertz CT molecular complexity index is 3330. The van der Waals surface area contributed by atoms with Crippen molar-refractivity contribution in [1.82, 2.24) is 19.8 Å². The average Bonchev–Trinajstić information content (AvgIpc) is 3.43. The van der Waals surface area contributed by atoms with Crippen molar-refractivity contribution in [1.29, 1.82) is 0 Å². The van der Waals surface area contributed by atoms with E-state index < -0.39 is 11.2 Å². The summed E-state index contributed by atoms with van der Waals surface area (Å²) in [5.41, 5.74) is 5.54. The molecule has 76 heavy (non-hydrogen) atoms. The number of aromatic nitrogens is 2. The molecular formula is C66H66Br2N4O4. The second kappa shape index (κ2) is 24.2. The normalized spacial score (nSPS) is 14.1. The minimum absolute atomic E-state index is 0.367. The van der Waals surface area contributed by atoms with Crippen LogP contribution < -0.4 is 9.47 Å². The van der Waals surface area contributed by atoms with Crippen LogP contribution >= 0.6 is 31.9 Å². The number of fused-ring (bicyclic) bond motifs is 4. The van der Waals surface area contributed by atoms with E-state index in [-0.39, 0.29) is 11.8 Å². The Morgan fingerprint density at radius 1 is 0.447 bits per heavy atom. The van der Waals surface area contributed by atoms with Gasteiger partial charge in [-0.2, -0.15) is 0 Å². The monoisotopic (exact) mass is 1140 g/mol. The third kappa shape index (κ3) is 12.3. The highest BCUT2D eigenvalue weighted by atomic mass is 79.9. The number of hydrogen-bond acceptors (Lipinski definition) is 8. The Labute approximate surface area is 464 Å². The second-order valence-electron chi connectivity index (χ2n) is 20.5. The van der Waals surface area contributed by atoms with Gasteiger partial charge in [0, 0.05) is 68.6 Å². The number of nitrogens with zero attached hydrogens (tertiary/aromatic N) is 4. The van der Waals surface area contributed by atoms with Crippen molar-refractivity contribution in [3.05, 3.63) is 236 Å². The molecule has 10 rings (SSSR count). The van der Waals surface area contributed by atoms with Gasteiger partial charge in [-0.05, 0) is 133 Å². The second-order valence-corrected chi connectivity index (χ2v) is 22.3. The Hall–Kier alpha value is -6.50. The standard InChI is InChI=1S/2C33H33BrN2O2/c2*1-36(2)19-18-33(37,22-25-14-9-13-23-10-7-8-15-28(23)25)31(24-11-5-4-6-12-24)29-21-26-20-27(34)16-17-30(26)35-32(29)38-3/h2*4-17,20-21,31,37H,18-19,22H2,1-3H3. The molecule has 0 aliphatic rings.